The van der Waals surface area contributed by atoms with E-state index in [0.29, 0.717) is 16.8 Å². The molecule has 2 N–H and O–H groups in total. The van der Waals surface area contributed by atoms with E-state index in [-0.39, 0.29) is 10.5 Å². The van der Waals surface area contributed by atoms with Gasteiger partial charge >= 0.3 is 0 Å². The lowest BCUT2D eigenvalue weighted by molar-refractivity contribution is -0.116. The van der Waals surface area contributed by atoms with E-state index in [1.54, 1.807) is 18.2 Å². The Morgan fingerprint density at radius 1 is 1.25 bits per heavy atom. The Balaban J connectivity index is 1.87. The van der Waals surface area contributed by atoms with E-state index in [1.165, 1.54) is 30.6 Å². The van der Waals surface area contributed by atoms with Gasteiger partial charge in [-0.1, -0.05) is 18.2 Å². The summed E-state index contributed by atoms with van der Waals surface area (Å²) in [5, 5.41) is 5.61. The number of anilines is 2. The number of aromatic nitrogens is 2. The summed E-state index contributed by atoms with van der Waals surface area (Å²) in [6, 6.07) is 7.97. The average Bonchev–Trinajstić information content (AvgIpc) is 3.06. The molecule has 1 aromatic carbocycles. The molecule has 0 saturated carbocycles. The molecule has 1 aliphatic rings. The maximum atomic E-state index is 12.9. The van der Waals surface area contributed by atoms with Gasteiger partial charge in [-0.15, -0.1) is 0 Å². The summed E-state index contributed by atoms with van der Waals surface area (Å²) in [7, 11) is -3.87. The zero-order valence-electron chi connectivity index (χ0n) is 15.2. The summed E-state index contributed by atoms with van der Waals surface area (Å²) in [4.78, 5) is 16.3. The number of nitrogens with one attached hydrogen (secondary N) is 2. The average molecular weight is 345 g/mol. The maximum absolute atomic E-state index is 12.9. The molecule has 2 aromatic heterocycles. The molecule has 1 aliphatic heterocycles. The zero-order chi connectivity index (χ0) is 19.4. The van der Waals surface area contributed by atoms with Crippen LogP contribution in [-0.2, 0) is 14.8 Å². The van der Waals surface area contributed by atoms with Crippen molar-refractivity contribution in [1.82, 2.24) is 8.96 Å². The summed E-state index contributed by atoms with van der Waals surface area (Å²) >= 11 is 0. The fraction of sp³-hybridized carbons (Fsp3) is 0.125. The van der Waals surface area contributed by atoms with E-state index in [2.05, 4.69) is 15.6 Å². The van der Waals surface area contributed by atoms with Crippen molar-refractivity contribution in [2.24, 2.45) is 0 Å². The minimum absolute atomic E-state index is 0.101. The highest BCUT2D eigenvalue weighted by Gasteiger charge is 2.26. The van der Waals surface area contributed by atoms with Crippen LogP contribution in [0.3, 0.4) is 0 Å². The topological polar surface area (TPSA) is 93.1 Å². The standard InChI is InChI=1S/C16H14N4O3S/c1-10-16(21)19-13-9-17-15-12(14(13)18-10)7-8-20(15)24(22,23)11-5-3-2-4-6-11/h2-10,18H,1H3,(H,19,21)/i1D3. The maximum Gasteiger partial charge on any atom is 0.269 e. The Labute approximate surface area is 142 Å². The van der Waals surface area contributed by atoms with Gasteiger partial charge < -0.3 is 10.6 Å². The smallest absolute Gasteiger partial charge is 0.269 e. The van der Waals surface area contributed by atoms with Crippen molar-refractivity contribution < 1.29 is 17.3 Å². The molecule has 0 bridgehead atoms. The molecule has 0 aliphatic carbocycles. The highest BCUT2D eigenvalue weighted by Crippen LogP contribution is 2.34. The number of amides is 1. The lowest BCUT2D eigenvalue weighted by Gasteiger charge is -2.24. The van der Waals surface area contributed by atoms with Crippen molar-refractivity contribution in [2.75, 3.05) is 10.6 Å². The molecular weight excluding hydrogens is 328 g/mol. The first-order valence-electron chi connectivity index (χ1n) is 8.58. The number of carbonyl (C=O) groups is 1. The second-order valence-electron chi connectivity index (χ2n) is 5.28. The van der Waals surface area contributed by atoms with Crippen molar-refractivity contribution >= 4 is 38.3 Å². The van der Waals surface area contributed by atoms with Crippen LogP contribution in [0.5, 0.6) is 0 Å². The van der Waals surface area contributed by atoms with Gasteiger partial charge in [0, 0.05) is 15.7 Å². The van der Waals surface area contributed by atoms with Crippen molar-refractivity contribution in [3.05, 3.63) is 48.8 Å². The van der Waals surface area contributed by atoms with Crippen LogP contribution in [0.1, 0.15) is 11.0 Å². The first kappa shape index (κ1) is 11.6. The molecule has 0 saturated heterocycles. The molecule has 0 fully saturated rings. The molecule has 3 heterocycles. The largest absolute Gasteiger partial charge is 0.372 e. The van der Waals surface area contributed by atoms with Crippen LogP contribution >= 0.6 is 0 Å². The molecule has 24 heavy (non-hydrogen) atoms. The van der Waals surface area contributed by atoms with Crippen molar-refractivity contribution in [3.63, 3.8) is 0 Å². The van der Waals surface area contributed by atoms with Gasteiger partial charge in [0.15, 0.2) is 5.65 Å². The molecule has 3 aromatic rings. The Hall–Kier alpha value is -2.87. The van der Waals surface area contributed by atoms with Crippen LogP contribution in [-0.4, -0.2) is 29.3 Å². The number of hydrogen-bond acceptors (Lipinski definition) is 5. The molecule has 8 heteroatoms. The van der Waals surface area contributed by atoms with Crippen LogP contribution in [0.15, 0.2) is 53.7 Å². The highest BCUT2D eigenvalue weighted by molar-refractivity contribution is 7.90. The lowest BCUT2D eigenvalue weighted by atomic mass is 10.1. The van der Waals surface area contributed by atoms with Gasteiger partial charge in [-0.05, 0) is 25.1 Å². The van der Waals surface area contributed by atoms with Crippen LogP contribution in [0.25, 0.3) is 11.0 Å². The van der Waals surface area contributed by atoms with Gasteiger partial charge in [0.05, 0.1) is 22.5 Å². The summed E-state index contributed by atoms with van der Waals surface area (Å²) in [6.07, 6.45) is 2.65. The van der Waals surface area contributed by atoms with E-state index in [1.807, 2.05) is 0 Å². The predicted molar refractivity (Wildman–Crippen MR) is 90.5 cm³/mol. The molecule has 0 radical (unpaired) electrons. The number of pyridine rings is 1. The molecule has 7 nitrogen and oxygen atoms in total. The number of benzene rings is 1. The molecule has 0 spiro atoms. The highest BCUT2D eigenvalue weighted by atomic mass is 32.2. The third-order valence-electron chi connectivity index (χ3n) is 3.79. The normalized spacial score (nSPS) is 19.6. The minimum atomic E-state index is -3.87. The van der Waals surface area contributed by atoms with E-state index in [4.69, 9.17) is 4.11 Å². The second-order valence-corrected chi connectivity index (χ2v) is 7.10. The third kappa shape index (κ3) is 2.07. The number of hydrogen-bond donors (Lipinski definition) is 2. The van der Waals surface area contributed by atoms with Gasteiger partial charge in [-0.3, -0.25) is 4.79 Å². The zero-order valence-corrected chi connectivity index (χ0v) is 13.0. The van der Waals surface area contributed by atoms with Crippen LogP contribution in [0, 0.1) is 0 Å². The summed E-state index contributed by atoms with van der Waals surface area (Å²) in [5.74, 6) is -0.694. The fourth-order valence-corrected chi connectivity index (χ4v) is 3.95. The summed E-state index contributed by atoms with van der Waals surface area (Å²) < 4.78 is 49.4. The van der Waals surface area contributed by atoms with Crippen molar-refractivity contribution in [1.29, 1.82) is 0 Å². The Bertz CT molecular complexity index is 1160. The van der Waals surface area contributed by atoms with Gasteiger partial charge in [-0.25, -0.2) is 17.4 Å². The molecule has 1 atom stereocenters. The fourth-order valence-electron chi connectivity index (χ4n) is 2.63. The third-order valence-corrected chi connectivity index (χ3v) is 5.47. The number of rotatable bonds is 2. The Morgan fingerprint density at radius 3 is 2.79 bits per heavy atom. The van der Waals surface area contributed by atoms with Gasteiger partial charge in [0.2, 0.25) is 5.91 Å². The molecule has 4 rings (SSSR count). The van der Waals surface area contributed by atoms with Crippen LogP contribution < -0.4 is 10.6 Å². The Kier molecular flexibility index (Phi) is 2.46. The second kappa shape index (κ2) is 5.07. The van der Waals surface area contributed by atoms with E-state index in [0.717, 1.165) is 3.97 Å². The van der Waals surface area contributed by atoms with E-state index < -0.39 is 28.8 Å². The molecule has 122 valence electrons. The molecule has 1 amide bonds. The van der Waals surface area contributed by atoms with Crippen molar-refractivity contribution in [2.45, 2.75) is 17.8 Å². The summed E-state index contributed by atoms with van der Waals surface area (Å²) in [5.41, 5.74) is 0.746. The molecular formula is C16H14N4O3S. The first-order chi connectivity index (χ1) is 12.7. The van der Waals surface area contributed by atoms with Crippen LogP contribution in [0.2, 0.25) is 0 Å². The quantitative estimate of drug-likeness (QED) is 0.741. The number of fused-ring (bicyclic) bond motifs is 3. The van der Waals surface area contributed by atoms with E-state index in [9.17, 15) is 13.2 Å². The van der Waals surface area contributed by atoms with E-state index >= 15 is 0 Å². The first-order valence-corrected chi connectivity index (χ1v) is 8.52. The van der Waals surface area contributed by atoms with Gasteiger partial charge in [0.25, 0.3) is 10.0 Å². The predicted octanol–water partition coefficient (Wildman–Crippen LogP) is 2.03. The number of carbonyl (C=O) groups excluding carboxylic acids is 1. The monoisotopic (exact) mass is 345 g/mol. The van der Waals surface area contributed by atoms with Gasteiger partial charge in [0.1, 0.15) is 6.04 Å². The van der Waals surface area contributed by atoms with Crippen molar-refractivity contribution in [3.8, 4) is 0 Å². The molecule has 1 unspecified atom stereocenters. The SMILES string of the molecule is [2H]C([2H])([2H])C1Nc2c(cnc3c2ccn3S(=O)(=O)c2ccccc2)NC1=O. The summed E-state index contributed by atoms with van der Waals surface area (Å²) in [6.45, 7) is -2.56. The number of nitrogens with zero attached hydrogens (tertiary/aromatic N) is 2. The minimum Gasteiger partial charge on any atom is -0.372 e. The van der Waals surface area contributed by atoms with Crippen LogP contribution in [0.4, 0.5) is 11.4 Å². The Morgan fingerprint density at radius 2 is 2.04 bits per heavy atom. The van der Waals surface area contributed by atoms with Gasteiger partial charge in [-0.2, -0.15) is 0 Å². The lowest BCUT2D eigenvalue weighted by Crippen LogP contribution is -2.36.